The Morgan fingerprint density at radius 3 is 2.77 bits per heavy atom. The first kappa shape index (κ1) is 15.0. The molecule has 0 saturated carbocycles. The minimum atomic E-state index is -0.0417. The first-order valence-corrected chi connectivity index (χ1v) is 7.65. The summed E-state index contributed by atoms with van der Waals surface area (Å²) in [4.78, 5) is 22.8. The summed E-state index contributed by atoms with van der Waals surface area (Å²) in [5.41, 5.74) is 3.06. The van der Waals surface area contributed by atoms with Crippen molar-refractivity contribution in [2.45, 2.75) is 32.7 Å². The molecule has 22 heavy (non-hydrogen) atoms. The van der Waals surface area contributed by atoms with Crippen LogP contribution in [0.25, 0.3) is 0 Å². The van der Waals surface area contributed by atoms with Crippen LogP contribution in [-0.4, -0.2) is 37.1 Å². The number of amides is 1. The van der Waals surface area contributed by atoms with Gasteiger partial charge in [-0.3, -0.25) is 9.48 Å². The lowest BCUT2D eigenvalue weighted by molar-refractivity contribution is 0.0733. The van der Waals surface area contributed by atoms with Gasteiger partial charge in [0, 0.05) is 25.4 Å². The average molecular weight is 320 g/mol. The topological polar surface area (TPSA) is 63.9 Å². The van der Waals surface area contributed by atoms with Gasteiger partial charge in [0.15, 0.2) is 0 Å². The van der Waals surface area contributed by atoms with E-state index < -0.39 is 0 Å². The second-order valence-electron chi connectivity index (χ2n) is 5.59. The third-order valence-electron chi connectivity index (χ3n) is 4.18. The minimum Gasteiger partial charge on any atom is -0.331 e. The molecule has 116 valence electrons. The van der Waals surface area contributed by atoms with Gasteiger partial charge in [-0.05, 0) is 26.7 Å². The van der Waals surface area contributed by atoms with Crippen LogP contribution >= 0.6 is 11.6 Å². The number of aryl methyl sites for hydroxylation is 3. The molecule has 3 heterocycles. The molecule has 1 atom stereocenters. The lowest BCUT2D eigenvalue weighted by atomic mass is 10.0. The van der Waals surface area contributed by atoms with Crippen LogP contribution in [0.15, 0.2) is 12.5 Å². The number of carbonyl (C=O) groups excluding carboxylic acids is 1. The molecule has 0 aromatic carbocycles. The Bertz CT molecular complexity index is 727. The molecule has 0 spiro atoms. The molecular formula is C15H18ClN5O. The molecule has 1 aliphatic heterocycles. The standard InChI is InChI=1S/C15H18ClN5O/c1-9-11(7-17-8-18-9)15(22)21-6-4-5-12(21)13-10(2)19-20(3)14(13)16/h7-8,12H,4-6H2,1-3H3/t12-/m0/s1. The van der Waals surface area contributed by atoms with Crippen molar-refractivity contribution in [1.29, 1.82) is 0 Å². The molecule has 0 aliphatic carbocycles. The molecular weight excluding hydrogens is 302 g/mol. The van der Waals surface area contributed by atoms with Crippen LogP contribution in [0.2, 0.25) is 5.15 Å². The zero-order valence-electron chi connectivity index (χ0n) is 12.9. The summed E-state index contributed by atoms with van der Waals surface area (Å²) in [6.45, 7) is 4.46. The molecule has 6 nitrogen and oxygen atoms in total. The Balaban J connectivity index is 1.97. The molecule has 0 N–H and O–H groups in total. The highest BCUT2D eigenvalue weighted by Crippen LogP contribution is 2.38. The van der Waals surface area contributed by atoms with Crippen LogP contribution in [0, 0.1) is 13.8 Å². The zero-order chi connectivity index (χ0) is 15.9. The van der Waals surface area contributed by atoms with Crippen molar-refractivity contribution in [3.05, 3.63) is 40.2 Å². The molecule has 0 bridgehead atoms. The number of aromatic nitrogens is 4. The van der Waals surface area contributed by atoms with Gasteiger partial charge in [0.1, 0.15) is 11.5 Å². The summed E-state index contributed by atoms with van der Waals surface area (Å²) in [5, 5.41) is 4.96. The Labute approximate surface area is 134 Å². The van der Waals surface area contributed by atoms with Crippen LogP contribution in [0.1, 0.15) is 46.2 Å². The molecule has 3 rings (SSSR count). The third-order valence-corrected chi connectivity index (χ3v) is 4.63. The van der Waals surface area contributed by atoms with Crippen molar-refractivity contribution in [1.82, 2.24) is 24.6 Å². The van der Waals surface area contributed by atoms with E-state index in [1.807, 2.05) is 25.8 Å². The van der Waals surface area contributed by atoms with E-state index in [1.165, 1.54) is 6.33 Å². The Kier molecular flexibility index (Phi) is 3.87. The van der Waals surface area contributed by atoms with Crippen molar-refractivity contribution in [2.75, 3.05) is 6.54 Å². The molecule has 0 unspecified atom stereocenters. The summed E-state index contributed by atoms with van der Waals surface area (Å²) in [5.74, 6) is -0.0417. The predicted octanol–water partition coefficient (Wildman–Crippen LogP) is 2.46. The zero-order valence-corrected chi connectivity index (χ0v) is 13.6. The van der Waals surface area contributed by atoms with E-state index in [0.29, 0.717) is 23.0 Å². The Morgan fingerprint density at radius 1 is 1.36 bits per heavy atom. The van der Waals surface area contributed by atoms with Gasteiger partial charge in [-0.1, -0.05) is 11.6 Å². The Hall–Kier alpha value is -1.95. The van der Waals surface area contributed by atoms with Gasteiger partial charge in [0.05, 0.1) is 23.0 Å². The fraction of sp³-hybridized carbons (Fsp3) is 0.467. The van der Waals surface area contributed by atoms with E-state index in [-0.39, 0.29) is 11.9 Å². The number of carbonyl (C=O) groups is 1. The summed E-state index contributed by atoms with van der Waals surface area (Å²) >= 11 is 6.38. The molecule has 7 heteroatoms. The van der Waals surface area contributed by atoms with Crippen molar-refractivity contribution in [3.63, 3.8) is 0 Å². The van der Waals surface area contributed by atoms with E-state index in [2.05, 4.69) is 15.1 Å². The van der Waals surface area contributed by atoms with Crippen LogP contribution in [-0.2, 0) is 7.05 Å². The van der Waals surface area contributed by atoms with Crippen molar-refractivity contribution in [2.24, 2.45) is 7.05 Å². The summed E-state index contributed by atoms with van der Waals surface area (Å²) < 4.78 is 1.66. The predicted molar refractivity (Wildman–Crippen MR) is 82.7 cm³/mol. The highest BCUT2D eigenvalue weighted by Gasteiger charge is 2.35. The molecule has 2 aromatic heterocycles. The van der Waals surface area contributed by atoms with Crippen LogP contribution in [0.3, 0.4) is 0 Å². The van der Waals surface area contributed by atoms with Gasteiger partial charge in [-0.15, -0.1) is 0 Å². The summed E-state index contributed by atoms with van der Waals surface area (Å²) in [6.07, 6.45) is 4.88. The van der Waals surface area contributed by atoms with Gasteiger partial charge < -0.3 is 4.90 Å². The van der Waals surface area contributed by atoms with Crippen LogP contribution in [0.5, 0.6) is 0 Å². The highest BCUT2D eigenvalue weighted by molar-refractivity contribution is 6.30. The normalized spacial score (nSPS) is 18.0. The average Bonchev–Trinajstić information content (AvgIpc) is 3.04. The lowest BCUT2D eigenvalue weighted by Gasteiger charge is -2.25. The fourth-order valence-electron chi connectivity index (χ4n) is 3.09. The molecule has 2 aromatic rings. The number of halogens is 1. The number of hydrogen-bond acceptors (Lipinski definition) is 4. The monoisotopic (exact) mass is 319 g/mol. The highest BCUT2D eigenvalue weighted by atomic mass is 35.5. The first-order valence-electron chi connectivity index (χ1n) is 7.27. The number of nitrogens with zero attached hydrogens (tertiary/aromatic N) is 5. The van der Waals surface area contributed by atoms with Gasteiger partial charge in [-0.25, -0.2) is 9.97 Å². The molecule has 0 radical (unpaired) electrons. The molecule has 1 aliphatic rings. The molecule has 1 fully saturated rings. The lowest BCUT2D eigenvalue weighted by Crippen LogP contribution is -2.31. The van der Waals surface area contributed by atoms with Crippen molar-refractivity contribution in [3.8, 4) is 0 Å². The largest absolute Gasteiger partial charge is 0.331 e. The quantitative estimate of drug-likeness (QED) is 0.853. The van der Waals surface area contributed by atoms with E-state index in [1.54, 1.807) is 10.9 Å². The van der Waals surface area contributed by atoms with Crippen LogP contribution < -0.4 is 0 Å². The van der Waals surface area contributed by atoms with Crippen LogP contribution in [0.4, 0.5) is 0 Å². The molecule has 1 amide bonds. The summed E-state index contributed by atoms with van der Waals surface area (Å²) in [7, 11) is 1.81. The maximum atomic E-state index is 12.9. The van der Waals surface area contributed by atoms with Gasteiger partial charge in [0.25, 0.3) is 5.91 Å². The van der Waals surface area contributed by atoms with Crippen molar-refractivity contribution >= 4 is 17.5 Å². The SMILES string of the molecule is Cc1ncncc1C(=O)N1CCC[C@H]1c1c(C)nn(C)c1Cl. The maximum Gasteiger partial charge on any atom is 0.257 e. The van der Waals surface area contributed by atoms with E-state index in [4.69, 9.17) is 11.6 Å². The Morgan fingerprint density at radius 2 is 2.14 bits per heavy atom. The third kappa shape index (κ3) is 2.37. The second kappa shape index (κ2) is 5.68. The van der Waals surface area contributed by atoms with Gasteiger partial charge in [0.2, 0.25) is 0 Å². The summed E-state index contributed by atoms with van der Waals surface area (Å²) in [6, 6.07) is -0.0340. The number of rotatable bonds is 2. The van der Waals surface area contributed by atoms with E-state index in [9.17, 15) is 4.79 Å². The first-order chi connectivity index (χ1) is 10.5. The second-order valence-corrected chi connectivity index (χ2v) is 5.95. The van der Waals surface area contributed by atoms with Gasteiger partial charge >= 0.3 is 0 Å². The smallest absolute Gasteiger partial charge is 0.257 e. The van der Waals surface area contributed by atoms with E-state index >= 15 is 0 Å². The fourth-order valence-corrected chi connectivity index (χ4v) is 3.39. The maximum absolute atomic E-state index is 12.9. The van der Waals surface area contributed by atoms with Gasteiger partial charge in [-0.2, -0.15) is 5.10 Å². The number of hydrogen-bond donors (Lipinski definition) is 0. The molecule has 1 saturated heterocycles. The minimum absolute atomic E-state index is 0.0340. The van der Waals surface area contributed by atoms with E-state index in [0.717, 1.165) is 24.1 Å². The van der Waals surface area contributed by atoms with Crippen molar-refractivity contribution < 1.29 is 4.79 Å². The number of likely N-dealkylation sites (tertiary alicyclic amines) is 1.